The maximum atomic E-state index is 7.33. The minimum absolute atomic E-state index is 0.0646. The lowest BCUT2D eigenvalue weighted by atomic mass is 9.33. The fourth-order valence-electron chi connectivity index (χ4n) is 12.1. The van der Waals surface area contributed by atoms with Crippen LogP contribution in [0.15, 0.2) is 132 Å². The van der Waals surface area contributed by atoms with E-state index in [-0.39, 0.29) is 23.0 Å². The van der Waals surface area contributed by atoms with Crippen molar-refractivity contribution < 1.29 is 9.15 Å². The Bertz CT molecular complexity index is 3200. The maximum Gasteiger partial charge on any atom is 0.251 e. The van der Waals surface area contributed by atoms with Crippen LogP contribution in [0, 0.1) is 0 Å². The molecule has 8 aromatic rings. The van der Waals surface area contributed by atoms with Gasteiger partial charge in [0.05, 0.1) is 11.4 Å². The summed E-state index contributed by atoms with van der Waals surface area (Å²) in [4.78, 5) is 2.58. The molecule has 0 N–H and O–H groups in total. The molecule has 4 heteroatoms. The molecule has 0 saturated heterocycles. The van der Waals surface area contributed by atoms with Gasteiger partial charge in [0, 0.05) is 38.8 Å². The molecule has 1 aromatic heterocycles. The molecule has 0 atom stereocenters. The molecule has 320 valence electrons. The number of anilines is 3. The summed E-state index contributed by atoms with van der Waals surface area (Å²) in [5, 5.41) is 2.18. The Morgan fingerprint density at radius 2 is 1.08 bits per heavy atom. The van der Waals surface area contributed by atoms with E-state index in [9.17, 15) is 0 Å². The summed E-state index contributed by atoms with van der Waals surface area (Å²) < 4.78 is 13.9. The van der Waals surface area contributed by atoms with Crippen molar-refractivity contribution in [2.75, 3.05) is 4.90 Å². The van der Waals surface area contributed by atoms with E-state index in [2.05, 4.69) is 215 Å². The average Bonchev–Trinajstić information content (AvgIpc) is 3.63. The molecule has 11 rings (SSSR count). The van der Waals surface area contributed by atoms with Crippen molar-refractivity contribution in [2.45, 2.75) is 117 Å². The predicted octanol–water partition coefficient (Wildman–Crippen LogP) is 14.7. The van der Waals surface area contributed by atoms with Crippen LogP contribution in [0.3, 0.4) is 0 Å². The fraction of sp³-hybridized carbons (Fsp3) is 0.300. The first-order chi connectivity index (χ1) is 30.5. The van der Waals surface area contributed by atoms with Crippen LogP contribution in [0.4, 0.5) is 17.1 Å². The lowest BCUT2D eigenvalue weighted by Gasteiger charge is -2.50. The van der Waals surface area contributed by atoms with Gasteiger partial charge in [0.15, 0.2) is 0 Å². The number of hydrogen-bond acceptors (Lipinski definition) is 3. The number of nitrogens with zero attached hydrogens (tertiary/aromatic N) is 1. The Morgan fingerprint density at radius 1 is 0.484 bits per heavy atom. The number of para-hydroxylation sites is 2. The summed E-state index contributed by atoms with van der Waals surface area (Å²) in [6, 6.07) is 48.1. The van der Waals surface area contributed by atoms with E-state index in [1.807, 2.05) is 0 Å². The molecule has 2 aliphatic heterocycles. The van der Waals surface area contributed by atoms with Gasteiger partial charge in [-0.25, -0.2) is 0 Å². The van der Waals surface area contributed by atoms with Gasteiger partial charge >= 0.3 is 0 Å². The Hall–Kier alpha value is -6.00. The van der Waals surface area contributed by atoms with E-state index in [1.165, 1.54) is 72.4 Å². The van der Waals surface area contributed by atoms with E-state index in [0.717, 1.165) is 44.6 Å². The van der Waals surface area contributed by atoms with Crippen molar-refractivity contribution in [1.29, 1.82) is 0 Å². The molecule has 3 aliphatic rings. The lowest BCUT2D eigenvalue weighted by Crippen LogP contribution is -2.57. The molecule has 0 saturated carbocycles. The van der Waals surface area contributed by atoms with Gasteiger partial charge in [-0.1, -0.05) is 180 Å². The smallest absolute Gasteiger partial charge is 0.251 e. The molecular formula is C60H60BNO2. The zero-order chi connectivity index (χ0) is 44.8. The molecule has 3 nitrogen and oxygen atoms in total. The van der Waals surface area contributed by atoms with Crippen LogP contribution in [-0.2, 0) is 16.2 Å². The minimum atomic E-state index is -0.260. The van der Waals surface area contributed by atoms with Crippen molar-refractivity contribution in [3.63, 3.8) is 0 Å². The van der Waals surface area contributed by atoms with Crippen molar-refractivity contribution in [3.8, 4) is 11.5 Å². The van der Waals surface area contributed by atoms with Crippen LogP contribution in [0.1, 0.15) is 151 Å². The largest absolute Gasteiger partial charge is 0.458 e. The predicted molar refractivity (Wildman–Crippen MR) is 271 cm³/mol. The second-order valence-corrected chi connectivity index (χ2v) is 21.5. The van der Waals surface area contributed by atoms with Gasteiger partial charge in [-0.05, 0) is 109 Å². The molecule has 1 aliphatic carbocycles. The van der Waals surface area contributed by atoms with Crippen molar-refractivity contribution in [1.82, 2.24) is 0 Å². The Kier molecular flexibility index (Phi) is 8.92. The van der Waals surface area contributed by atoms with E-state index < -0.39 is 0 Å². The molecule has 7 aromatic carbocycles. The summed E-state index contributed by atoms with van der Waals surface area (Å²) >= 11 is 0. The van der Waals surface area contributed by atoms with Crippen molar-refractivity contribution >= 4 is 62.1 Å². The fourth-order valence-corrected chi connectivity index (χ4v) is 12.1. The molecule has 3 heterocycles. The summed E-state index contributed by atoms with van der Waals surface area (Å²) in [5.41, 5.74) is 20.9. The number of furan rings is 1. The highest BCUT2D eigenvalue weighted by molar-refractivity contribution is 6.97. The van der Waals surface area contributed by atoms with Gasteiger partial charge in [0.2, 0.25) is 0 Å². The number of ether oxygens (including phenoxy) is 1. The third-order valence-electron chi connectivity index (χ3n) is 15.5. The first-order valence-electron chi connectivity index (χ1n) is 23.6. The Morgan fingerprint density at radius 3 is 1.77 bits per heavy atom. The third kappa shape index (κ3) is 5.66. The molecule has 64 heavy (non-hydrogen) atoms. The Balaban J connectivity index is 1.20. The van der Waals surface area contributed by atoms with E-state index in [0.29, 0.717) is 17.8 Å². The zero-order valence-corrected chi connectivity index (χ0v) is 39.7. The van der Waals surface area contributed by atoms with Gasteiger partial charge in [0.1, 0.15) is 22.7 Å². The SMILES string of the molecule is CC(C)c1cc(C(C)C)c(B2c3ccc(N4c5ccccc5C(C)(C)c5ccc6c(c54)C(C)(C)c4ccccc4C6(C)C)cc3Oc3cc4c(cc32)oc2ccccc24)c(C(C)C)c1. The quantitative estimate of drug-likeness (QED) is 0.162. The topological polar surface area (TPSA) is 25.6 Å². The number of fused-ring (bicyclic) bond motifs is 10. The van der Waals surface area contributed by atoms with Crippen LogP contribution in [-0.4, -0.2) is 6.71 Å². The highest BCUT2D eigenvalue weighted by Gasteiger charge is 2.48. The zero-order valence-electron chi connectivity index (χ0n) is 39.7. The van der Waals surface area contributed by atoms with Crippen molar-refractivity contribution in [2.24, 2.45) is 0 Å². The monoisotopic (exact) mass is 837 g/mol. The third-order valence-corrected chi connectivity index (χ3v) is 15.5. The number of hydrogen-bond donors (Lipinski definition) is 0. The summed E-state index contributed by atoms with van der Waals surface area (Å²) in [6.07, 6.45) is 0. The standard InChI is InChI=1S/C60H60BNO2/c1-34(2)37-29-40(35(3)4)56(41(30-37)36(5)6)61-48-28-25-38(31-53(48)64-54-32-42-39-19-13-18-24-51(39)63-52(42)33-49(54)61)62-50-23-17-16-22-45(50)59(9,10)47-27-26-46-55(57(47)62)60(11,12)44-21-15-14-20-43(44)58(46,7)8/h13-36H,1-12H3. The van der Waals surface area contributed by atoms with Crippen LogP contribution in [0.5, 0.6) is 11.5 Å². The summed E-state index contributed by atoms with van der Waals surface area (Å²) in [7, 11) is 0. The molecule has 0 amide bonds. The van der Waals surface area contributed by atoms with E-state index in [4.69, 9.17) is 9.15 Å². The number of rotatable bonds is 5. The highest BCUT2D eigenvalue weighted by atomic mass is 16.5. The van der Waals surface area contributed by atoms with Crippen molar-refractivity contribution in [3.05, 3.63) is 177 Å². The highest BCUT2D eigenvalue weighted by Crippen LogP contribution is 2.60. The van der Waals surface area contributed by atoms with Gasteiger partial charge in [-0.3, -0.25) is 0 Å². The molecule has 0 radical (unpaired) electrons. The minimum Gasteiger partial charge on any atom is -0.458 e. The molecule has 0 fully saturated rings. The molecule has 0 bridgehead atoms. The van der Waals surface area contributed by atoms with Gasteiger partial charge in [-0.15, -0.1) is 0 Å². The van der Waals surface area contributed by atoms with Gasteiger partial charge < -0.3 is 14.1 Å². The van der Waals surface area contributed by atoms with Crippen LogP contribution in [0.2, 0.25) is 0 Å². The Labute approximate surface area is 380 Å². The van der Waals surface area contributed by atoms with Crippen LogP contribution in [0.25, 0.3) is 21.9 Å². The summed E-state index contributed by atoms with van der Waals surface area (Å²) in [6.45, 7) is 28.5. The lowest BCUT2D eigenvalue weighted by molar-refractivity contribution is 0.488. The second-order valence-electron chi connectivity index (χ2n) is 21.5. The first kappa shape index (κ1) is 40.8. The maximum absolute atomic E-state index is 7.33. The first-order valence-corrected chi connectivity index (χ1v) is 23.6. The average molecular weight is 838 g/mol. The van der Waals surface area contributed by atoms with E-state index >= 15 is 0 Å². The van der Waals surface area contributed by atoms with Crippen LogP contribution >= 0.6 is 0 Å². The van der Waals surface area contributed by atoms with Crippen LogP contribution < -0.4 is 26.0 Å². The van der Waals surface area contributed by atoms with E-state index in [1.54, 1.807) is 0 Å². The molecular weight excluding hydrogens is 777 g/mol. The number of benzene rings is 7. The molecule has 0 unspecified atom stereocenters. The van der Waals surface area contributed by atoms with Gasteiger partial charge in [-0.2, -0.15) is 0 Å². The molecule has 0 spiro atoms. The normalized spacial score (nSPS) is 16.4. The van der Waals surface area contributed by atoms with Gasteiger partial charge in [0.25, 0.3) is 6.71 Å². The second kappa shape index (κ2) is 14.0. The summed E-state index contributed by atoms with van der Waals surface area (Å²) in [5.74, 6) is 2.86.